The molecule has 2 heteroatoms. The van der Waals surface area contributed by atoms with E-state index in [0.29, 0.717) is 12.1 Å². The Kier molecular flexibility index (Phi) is 3.87. The molecule has 2 atom stereocenters. The quantitative estimate of drug-likeness (QED) is 0.671. The maximum absolute atomic E-state index is 5.33. The van der Waals surface area contributed by atoms with Crippen LogP contribution in [0.25, 0.3) is 0 Å². The van der Waals surface area contributed by atoms with E-state index in [2.05, 4.69) is 12.2 Å². The summed E-state index contributed by atoms with van der Waals surface area (Å²) < 4.78 is 5.33. The summed E-state index contributed by atoms with van der Waals surface area (Å²) in [5, 5.41) is 3.47. The fourth-order valence-corrected chi connectivity index (χ4v) is 1.83. The zero-order chi connectivity index (χ0) is 8.10. The van der Waals surface area contributed by atoms with Crippen LogP contribution in [0.15, 0.2) is 0 Å². The summed E-state index contributed by atoms with van der Waals surface area (Å²) >= 11 is 0. The van der Waals surface area contributed by atoms with E-state index in [1.165, 1.54) is 25.7 Å². The average Bonchev–Trinajstić information content (AvgIpc) is 2.06. The number of ether oxygens (including phenoxy) is 1. The lowest BCUT2D eigenvalue weighted by molar-refractivity contribution is 0.0592. The van der Waals surface area contributed by atoms with Crippen molar-refractivity contribution >= 4 is 0 Å². The van der Waals surface area contributed by atoms with Gasteiger partial charge in [-0.25, -0.2) is 0 Å². The Labute approximate surface area is 69.3 Å². The third kappa shape index (κ3) is 2.80. The van der Waals surface area contributed by atoms with Gasteiger partial charge in [0.05, 0.1) is 6.10 Å². The molecule has 0 aromatic heterocycles. The zero-order valence-electron chi connectivity index (χ0n) is 7.60. The molecule has 11 heavy (non-hydrogen) atoms. The maximum atomic E-state index is 5.33. The van der Waals surface area contributed by atoms with Crippen LogP contribution in [0, 0.1) is 0 Å². The van der Waals surface area contributed by atoms with Gasteiger partial charge in [-0.15, -0.1) is 0 Å². The van der Waals surface area contributed by atoms with Crippen molar-refractivity contribution in [1.29, 1.82) is 0 Å². The molecular formula is C9H19NO. The van der Waals surface area contributed by atoms with Crippen molar-refractivity contribution in [3.63, 3.8) is 0 Å². The highest BCUT2D eigenvalue weighted by atomic mass is 16.5. The van der Waals surface area contributed by atoms with E-state index in [4.69, 9.17) is 4.74 Å². The van der Waals surface area contributed by atoms with E-state index in [-0.39, 0.29) is 0 Å². The van der Waals surface area contributed by atoms with E-state index >= 15 is 0 Å². The molecule has 0 radical (unpaired) electrons. The van der Waals surface area contributed by atoms with Crippen LogP contribution in [-0.4, -0.2) is 25.8 Å². The Bertz CT molecular complexity index is 104. The minimum atomic E-state index is 0.507. The minimum absolute atomic E-state index is 0.507. The highest BCUT2D eigenvalue weighted by Gasteiger charge is 2.20. The van der Waals surface area contributed by atoms with Crippen molar-refractivity contribution in [2.75, 3.05) is 13.7 Å². The number of hydrogen-bond donors (Lipinski definition) is 1. The molecule has 1 rings (SSSR count). The fraction of sp³-hybridized carbons (Fsp3) is 1.00. The van der Waals surface area contributed by atoms with Gasteiger partial charge in [0.2, 0.25) is 0 Å². The van der Waals surface area contributed by atoms with Crippen LogP contribution < -0.4 is 5.32 Å². The summed E-state index contributed by atoms with van der Waals surface area (Å²) in [6.07, 6.45) is 5.60. The molecule has 1 aliphatic carbocycles. The molecule has 66 valence electrons. The number of hydrogen-bond acceptors (Lipinski definition) is 2. The summed E-state index contributed by atoms with van der Waals surface area (Å²) in [6, 6.07) is 0.707. The van der Waals surface area contributed by atoms with Gasteiger partial charge in [-0.2, -0.15) is 0 Å². The molecular weight excluding hydrogens is 138 g/mol. The molecule has 0 amide bonds. The molecule has 1 saturated carbocycles. The maximum Gasteiger partial charge on any atom is 0.0586 e. The van der Waals surface area contributed by atoms with Gasteiger partial charge < -0.3 is 10.1 Å². The summed E-state index contributed by atoms with van der Waals surface area (Å²) in [4.78, 5) is 0. The van der Waals surface area contributed by atoms with E-state index in [9.17, 15) is 0 Å². The standard InChI is InChI=1S/C9H19NO/c1-3-10-8-5-4-6-9(7-8)11-2/h8-10H,3-7H2,1-2H3/t8-,9-/m1/s1. The first-order valence-electron chi connectivity index (χ1n) is 4.63. The summed E-state index contributed by atoms with van der Waals surface area (Å²) in [6.45, 7) is 3.25. The second-order valence-electron chi connectivity index (χ2n) is 3.28. The Balaban J connectivity index is 2.21. The fourth-order valence-electron chi connectivity index (χ4n) is 1.83. The smallest absolute Gasteiger partial charge is 0.0586 e. The van der Waals surface area contributed by atoms with Crippen LogP contribution in [0.1, 0.15) is 32.6 Å². The molecule has 0 heterocycles. The molecule has 0 aromatic carbocycles. The van der Waals surface area contributed by atoms with Crippen LogP contribution >= 0.6 is 0 Å². The summed E-state index contributed by atoms with van der Waals surface area (Å²) in [7, 11) is 1.82. The van der Waals surface area contributed by atoms with Gasteiger partial charge in [0.1, 0.15) is 0 Å². The predicted octanol–water partition coefficient (Wildman–Crippen LogP) is 1.55. The molecule has 0 spiro atoms. The molecule has 2 nitrogen and oxygen atoms in total. The first-order valence-corrected chi connectivity index (χ1v) is 4.63. The monoisotopic (exact) mass is 157 g/mol. The van der Waals surface area contributed by atoms with Crippen LogP contribution in [-0.2, 0) is 4.74 Å². The zero-order valence-corrected chi connectivity index (χ0v) is 7.60. The van der Waals surface area contributed by atoms with Gasteiger partial charge in [-0.3, -0.25) is 0 Å². The minimum Gasteiger partial charge on any atom is -0.381 e. The lowest BCUT2D eigenvalue weighted by atomic mass is 9.93. The van der Waals surface area contributed by atoms with Crippen molar-refractivity contribution in [1.82, 2.24) is 5.32 Å². The molecule has 0 bridgehead atoms. The van der Waals surface area contributed by atoms with Crippen molar-refractivity contribution < 1.29 is 4.74 Å². The molecule has 0 aromatic rings. The topological polar surface area (TPSA) is 21.3 Å². The molecule has 1 N–H and O–H groups in total. The van der Waals surface area contributed by atoms with E-state index in [1.54, 1.807) is 0 Å². The Morgan fingerprint density at radius 3 is 2.91 bits per heavy atom. The van der Waals surface area contributed by atoms with Crippen LogP contribution in [0.3, 0.4) is 0 Å². The number of rotatable bonds is 3. The third-order valence-corrected chi connectivity index (χ3v) is 2.45. The van der Waals surface area contributed by atoms with Gasteiger partial charge >= 0.3 is 0 Å². The van der Waals surface area contributed by atoms with E-state index in [0.717, 1.165) is 6.54 Å². The van der Waals surface area contributed by atoms with Crippen molar-refractivity contribution in [2.45, 2.75) is 44.8 Å². The summed E-state index contributed by atoms with van der Waals surface area (Å²) in [5.74, 6) is 0. The van der Waals surface area contributed by atoms with Crippen molar-refractivity contribution in [3.05, 3.63) is 0 Å². The van der Waals surface area contributed by atoms with Gasteiger partial charge in [0.25, 0.3) is 0 Å². The second-order valence-corrected chi connectivity index (χ2v) is 3.28. The first-order chi connectivity index (χ1) is 5.36. The molecule has 0 aliphatic heterocycles. The SMILES string of the molecule is CCN[C@@H]1CCC[C@@H](OC)C1. The first kappa shape index (κ1) is 9.01. The van der Waals surface area contributed by atoms with Crippen LogP contribution in [0.5, 0.6) is 0 Å². The average molecular weight is 157 g/mol. The molecule has 0 unspecified atom stereocenters. The van der Waals surface area contributed by atoms with Crippen LogP contribution in [0.2, 0.25) is 0 Å². The van der Waals surface area contributed by atoms with Gasteiger partial charge in [0.15, 0.2) is 0 Å². The van der Waals surface area contributed by atoms with Crippen molar-refractivity contribution in [2.24, 2.45) is 0 Å². The van der Waals surface area contributed by atoms with Crippen molar-refractivity contribution in [3.8, 4) is 0 Å². The second kappa shape index (κ2) is 4.73. The Morgan fingerprint density at radius 2 is 2.27 bits per heavy atom. The van der Waals surface area contributed by atoms with Gasteiger partial charge in [-0.1, -0.05) is 6.92 Å². The summed E-state index contributed by atoms with van der Waals surface area (Å²) in [5.41, 5.74) is 0. The highest BCUT2D eigenvalue weighted by molar-refractivity contribution is 4.77. The molecule has 1 aliphatic rings. The predicted molar refractivity (Wildman–Crippen MR) is 46.7 cm³/mol. The lowest BCUT2D eigenvalue weighted by Gasteiger charge is -2.28. The Hall–Kier alpha value is -0.0800. The largest absolute Gasteiger partial charge is 0.381 e. The Morgan fingerprint density at radius 1 is 1.45 bits per heavy atom. The normalized spacial score (nSPS) is 32.2. The number of methoxy groups -OCH3 is 1. The third-order valence-electron chi connectivity index (χ3n) is 2.45. The van der Waals surface area contributed by atoms with E-state index in [1.807, 2.05) is 7.11 Å². The van der Waals surface area contributed by atoms with Gasteiger partial charge in [-0.05, 0) is 32.2 Å². The highest BCUT2D eigenvalue weighted by Crippen LogP contribution is 2.20. The van der Waals surface area contributed by atoms with Gasteiger partial charge in [0, 0.05) is 13.2 Å². The van der Waals surface area contributed by atoms with Crippen LogP contribution in [0.4, 0.5) is 0 Å². The molecule has 0 saturated heterocycles. The number of nitrogens with one attached hydrogen (secondary N) is 1. The molecule has 1 fully saturated rings. The van der Waals surface area contributed by atoms with E-state index < -0.39 is 0 Å². The lowest BCUT2D eigenvalue weighted by Crippen LogP contribution is -2.36.